The lowest BCUT2D eigenvalue weighted by atomic mass is 10.2. The second-order valence-corrected chi connectivity index (χ2v) is 3.71. The number of amides is 1. The van der Waals surface area contributed by atoms with Gasteiger partial charge < -0.3 is 9.88 Å². The number of benzene rings is 1. The van der Waals surface area contributed by atoms with E-state index in [-0.39, 0.29) is 18.0 Å². The van der Waals surface area contributed by atoms with Crippen LogP contribution in [-0.4, -0.2) is 15.5 Å². The molecule has 0 aliphatic rings. The van der Waals surface area contributed by atoms with Crippen molar-refractivity contribution in [1.82, 2.24) is 9.55 Å². The van der Waals surface area contributed by atoms with Crippen molar-refractivity contribution < 1.29 is 13.6 Å². The molecule has 0 bridgehead atoms. The molecule has 94 valence electrons. The standard InChI is InChI=1S/C12H11F2N3O/c13-12(14)9-1-3-10(4-2-9)16-11(18)7-17-6-5-15-8-17/h1-6,8,12H,7H2,(H,16,18). The predicted octanol–water partition coefficient (Wildman–Crippen LogP) is 2.46. The first-order valence-electron chi connectivity index (χ1n) is 5.29. The van der Waals surface area contributed by atoms with E-state index >= 15 is 0 Å². The van der Waals surface area contributed by atoms with Gasteiger partial charge in [0.1, 0.15) is 6.54 Å². The normalized spacial score (nSPS) is 10.6. The molecule has 0 spiro atoms. The molecule has 1 aromatic carbocycles. The Morgan fingerprint density at radius 2 is 2.06 bits per heavy atom. The molecule has 2 rings (SSSR count). The van der Waals surface area contributed by atoms with Gasteiger partial charge in [-0.3, -0.25) is 4.79 Å². The smallest absolute Gasteiger partial charge is 0.263 e. The van der Waals surface area contributed by atoms with Gasteiger partial charge in [0.25, 0.3) is 6.43 Å². The lowest BCUT2D eigenvalue weighted by Crippen LogP contribution is -2.17. The van der Waals surface area contributed by atoms with Crippen molar-refractivity contribution in [2.45, 2.75) is 13.0 Å². The number of rotatable bonds is 4. The maximum absolute atomic E-state index is 12.3. The van der Waals surface area contributed by atoms with E-state index in [1.165, 1.54) is 30.6 Å². The Morgan fingerprint density at radius 3 is 2.61 bits per heavy atom. The lowest BCUT2D eigenvalue weighted by Gasteiger charge is -2.06. The highest BCUT2D eigenvalue weighted by Gasteiger charge is 2.07. The first-order chi connectivity index (χ1) is 8.65. The van der Waals surface area contributed by atoms with Gasteiger partial charge in [0.2, 0.25) is 5.91 Å². The van der Waals surface area contributed by atoms with E-state index in [0.29, 0.717) is 5.69 Å². The van der Waals surface area contributed by atoms with E-state index in [1.807, 2.05) is 0 Å². The number of imidazole rings is 1. The molecule has 1 aromatic heterocycles. The average Bonchev–Trinajstić information content (AvgIpc) is 2.82. The Morgan fingerprint density at radius 1 is 1.33 bits per heavy atom. The van der Waals surface area contributed by atoms with Crippen molar-refractivity contribution >= 4 is 11.6 Å². The van der Waals surface area contributed by atoms with Crippen LogP contribution in [0.4, 0.5) is 14.5 Å². The third-order valence-corrected chi connectivity index (χ3v) is 2.33. The number of nitrogens with one attached hydrogen (secondary N) is 1. The van der Waals surface area contributed by atoms with Gasteiger partial charge in [-0.25, -0.2) is 13.8 Å². The zero-order valence-electron chi connectivity index (χ0n) is 9.38. The van der Waals surface area contributed by atoms with Gasteiger partial charge in [-0.2, -0.15) is 0 Å². The second-order valence-electron chi connectivity index (χ2n) is 3.71. The monoisotopic (exact) mass is 251 g/mol. The quantitative estimate of drug-likeness (QED) is 0.907. The summed E-state index contributed by atoms with van der Waals surface area (Å²) in [6.07, 6.45) is 2.27. The molecule has 0 aliphatic carbocycles. The fraction of sp³-hybridized carbons (Fsp3) is 0.167. The first-order valence-corrected chi connectivity index (χ1v) is 5.29. The third kappa shape index (κ3) is 3.13. The Kier molecular flexibility index (Phi) is 3.66. The average molecular weight is 251 g/mol. The molecule has 1 N–H and O–H groups in total. The molecule has 4 nitrogen and oxygen atoms in total. The second kappa shape index (κ2) is 5.39. The molecule has 0 saturated carbocycles. The van der Waals surface area contributed by atoms with Crippen molar-refractivity contribution in [2.75, 3.05) is 5.32 Å². The highest BCUT2D eigenvalue weighted by Crippen LogP contribution is 2.20. The number of aromatic nitrogens is 2. The summed E-state index contributed by atoms with van der Waals surface area (Å²) < 4.78 is 26.2. The Bertz CT molecular complexity index is 509. The molecule has 0 radical (unpaired) electrons. The van der Waals surface area contributed by atoms with Crippen molar-refractivity contribution in [3.63, 3.8) is 0 Å². The van der Waals surface area contributed by atoms with Crippen LogP contribution in [0.3, 0.4) is 0 Å². The first kappa shape index (κ1) is 12.2. The van der Waals surface area contributed by atoms with Crippen LogP contribution >= 0.6 is 0 Å². The molecule has 18 heavy (non-hydrogen) atoms. The molecule has 1 heterocycles. The van der Waals surface area contributed by atoms with Gasteiger partial charge >= 0.3 is 0 Å². The molecular weight excluding hydrogens is 240 g/mol. The summed E-state index contributed by atoms with van der Waals surface area (Å²) in [6, 6.07) is 5.48. The molecule has 0 saturated heterocycles. The highest BCUT2D eigenvalue weighted by atomic mass is 19.3. The van der Waals surface area contributed by atoms with Crippen LogP contribution in [-0.2, 0) is 11.3 Å². The van der Waals surface area contributed by atoms with Crippen LogP contribution in [0.1, 0.15) is 12.0 Å². The molecule has 2 aromatic rings. The maximum atomic E-state index is 12.3. The number of hydrogen-bond donors (Lipinski definition) is 1. The number of halogens is 2. The summed E-state index contributed by atoms with van der Waals surface area (Å²) >= 11 is 0. The topological polar surface area (TPSA) is 46.9 Å². The minimum Gasteiger partial charge on any atom is -0.328 e. The summed E-state index contributed by atoms with van der Waals surface area (Å²) in [6.45, 7) is 0.136. The predicted molar refractivity (Wildman–Crippen MR) is 62.3 cm³/mol. The van der Waals surface area contributed by atoms with Crippen LogP contribution < -0.4 is 5.32 Å². The summed E-state index contributed by atoms with van der Waals surface area (Å²) in [5.74, 6) is -0.238. The van der Waals surface area contributed by atoms with Gasteiger partial charge in [-0.05, 0) is 12.1 Å². The zero-order chi connectivity index (χ0) is 13.0. The SMILES string of the molecule is O=C(Cn1ccnc1)Nc1ccc(C(F)F)cc1. The van der Waals surface area contributed by atoms with Crippen LogP contribution in [0.25, 0.3) is 0 Å². The fourth-order valence-electron chi connectivity index (χ4n) is 1.46. The summed E-state index contributed by atoms with van der Waals surface area (Å²) in [5, 5.41) is 2.61. The van der Waals surface area contributed by atoms with Crippen molar-refractivity contribution in [1.29, 1.82) is 0 Å². The van der Waals surface area contributed by atoms with Gasteiger partial charge in [-0.1, -0.05) is 12.1 Å². The van der Waals surface area contributed by atoms with Gasteiger partial charge in [0, 0.05) is 23.6 Å². The number of hydrogen-bond acceptors (Lipinski definition) is 2. The Labute approximate surface area is 102 Å². The minimum absolute atomic E-state index is 0.0670. The van der Waals surface area contributed by atoms with E-state index in [2.05, 4.69) is 10.3 Å². The van der Waals surface area contributed by atoms with Crippen LogP contribution in [0.15, 0.2) is 43.0 Å². The van der Waals surface area contributed by atoms with Crippen molar-refractivity contribution in [3.8, 4) is 0 Å². The number of alkyl halides is 2. The van der Waals surface area contributed by atoms with E-state index in [4.69, 9.17) is 0 Å². The van der Waals surface area contributed by atoms with Gasteiger partial charge in [0.15, 0.2) is 0 Å². The fourth-order valence-corrected chi connectivity index (χ4v) is 1.46. The van der Waals surface area contributed by atoms with Crippen molar-refractivity contribution in [2.24, 2.45) is 0 Å². The Balaban J connectivity index is 1.95. The van der Waals surface area contributed by atoms with Crippen LogP contribution in [0.2, 0.25) is 0 Å². The summed E-state index contributed by atoms with van der Waals surface area (Å²) in [5.41, 5.74) is 0.423. The minimum atomic E-state index is -2.50. The number of nitrogens with zero attached hydrogens (tertiary/aromatic N) is 2. The molecule has 1 amide bonds. The number of carbonyl (C=O) groups excluding carboxylic acids is 1. The van der Waals surface area contributed by atoms with Crippen LogP contribution in [0.5, 0.6) is 0 Å². The summed E-state index contributed by atoms with van der Waals surface area (Å²) in [7, 11) is 0. The summed E-state index contributed by atoms with van der Waals surface area (Å²) in [4.78, 5) is 15.4. The molecule has 6 heteroatoms. The van der Waals surface area contributed by atoms with E-state index in [9.17, 15) is 13.6 Å². The van der Waals surface area contributed by atoms with Gasteiger partial charge in [-0.15, -0.1) is 0 Å². The number of anilines is 1. The molecule has 0 atom stereocenters. The highest BCUT2D eigenvalue weighted by molar-refractivity contribution is 5.90. The van der Waals surface area contributed by atoms with E-state index in [1.54, 1.807) is 17.0 Å². The van der Waals surface area contributed by atoms with Crippen LogP contribution in [0, 0.1) is 0 Å². The Hall–Kier alpha value is -2.24. The molecule has 0 fully saturated rings. The molecule has 0 aliphatic heterocycles. The zero-order valence-corrected chi connectivity index (χ0v) is 9.38. The van der Waals surface area contributed by atoms with E-state index in [0.717, 1.165) is 0 Å². The maximum Gasteiger partial charge on any atom is 0.263 e. The molecular formula is C12H11F2N3O. The van der Waals surface area contributed by atoms with E-state index < -0.39 is 6.43 Å². The lowest BCUT2D eigenvalue weighted by molar-refractivity contribution is -0.116. The molecule has 0 unspecified atom stereocenters. The largest absolute Gasteiger partial charge is 0.328 e. The van der Waals surface area contributed by atoms with Gasteiger partial charge in [0.05, 0.1) is 6.33 Å². The number of carbonyl (C=O) groups is 1. The van der Waals surface area contributed by atoms with Crippen molar-refractivity contribution in [3.05, 3.63) is 48.5 Å². The third-order valence-electron chi connectivity index (χ3n) is 2.33.